The van der Waals surface area contributed by atoms with E-state index in [1.807, 2.05) is 0 Å². The van der Waals surface area contributed by atoms with E-state index in [0.29, 0.717) is 17.4 Å². The van der Waals surface area contributed by atoms with Crippen LogP contribution in [0.5, 0.6) is 0 Å². The van der Waals surface area contributed by atoms with Gasteiger partial charge in [0, 0.05) is 13.1 Å². The van der Waals surface area contributed by atoms with Crippen LogP contribution < -0.4 is 4.90 Å². The van der Waals surface area contributed by atoms with E-state index in [0.717, 1.165) is 25.9 Å². The normalized spacial score (nSPS) is 17.2. The lowest BCUT2D eigenvalue weighted by Gasteiger charge is -2.32. The van der Waals surface area contributed by atoms with Crippen molar-refractivity contribution < 1.29 is 9.84 Å². The van der Waals surface area contributed by atoms with Crippen LogP contribution in [0.15, 0.2) is 6.20 Å². The summed E-state index contributed by atoms with van der Waals surface area (Å²) in [5.74, 6) is 0.678. The van der Waals surface area contributed by atoms with E-state index in [1.54, 1.807) is 0 Å². The number of anilines is 1. The van der Waals surface area contributed by atoms with E-state index in [-0.39, 0.29) is 18.0 Å². The van der Waals surface area contributed by atoms with Crippen LogP contribution in [0.2, 0.25) is 10.3 Å². The van der Waals surface area contributed by atoms with Crippen LogP contribution in [0, 0.1) is 0 Å². The quantitative estimate of drug-likeness (QED) is 0.857. The van der Waals surface area contributed by atoms with Crippen molar-refractivity contribution in [1.29, 1.82) is 0 Å². The maximum atomic E-state index is 8.71. The molecule has 1 aliphatic rings. The Kier molecular flexibility index (Phi) is 5.00. The molecule has 1 N–H and O–H groups in total. The van der Waals surface area contributed by atoms with Gasteiger partial charge in [0.25, 0.3) is 0 Å². The van der Waals surface area contributed by atoms with Crippen LogP contribution in [-0.4, -0.2) is 47.5 Å². The molecular formula is C11H15Cl2N3O2. The number of piperidine rings is 1. The van der Waals surface area contributed by atoms with Crippen molar-refractivity contribution in [2.24, 2.45) is 0 Å². The van der Waals surface area contributed by atoms with Gasteiger partial charge in [-0.25, -0.2) is 4.98 Å². The fourth-order valence-corrected chi connectivity index (χ4v) is 2.35. The zero-order valence-corrected chi connectivity index (χ0v) is 11.4. The number of aromatic nitrogens is 2. The van der Waals surface area contributed by atoms with Crippen LogP contribution in [-0.2, 0) is 4.74 Å². The number of aliphatic hydroxyl groups is 1. The number of rotatable bonds is 4. The van der Waals surface area contributed by atoms with Crippen LogP contribution in [0.1, 0.15) is 12.8 Å². The lowest BCUT2D eigenvalue weighted by atomic mass is 10.1. The van der Waals surface area contributed by atoms with Crippen LogP contribution >= 0.6 is 23.2 Å². The van der Waals surface area contributed by atoms with Crippen LogP contribution in [0.4, 0.5) is 5.82 Å². The molecule has 5 nitrogen and oxygen atoms in total. The molecule has 1 aromatic heterocycles. The molecule has 7 heteroatoms. The predicted octanol–water partition coefficient (Wildman–Crippen LogP) is 1.76. The highest BCUT2D eigenvalue weighted by atomic mass is 35.5. The Morgan fingerprint density at radius 3 is 2.78 bits per heavy atom. The largest absolute Gasteiger partial charge is 0.394 e. The van der Waals surface area contributed by atoms with Gasteiger partial charge in [0.2, 0.25) is 5.28 Å². The van der Waals surface area contributed by atoms with Gasteiger partial charge >= 0.3 is 0 Å². The second-order valence-corrected chi connectivity index (χ2v) is 4.84. The number of halogens is 2. The maximum Gasteiger partial charge on any atom is 0.224 e. The van der Waals surface area contributed by atoms with E-state index in [9.17, 15) is 0 Å². The van der Waals surface area contributed by atoms with Crippen molar-refractivity contribution >= 4 is 29.0 Å². The van der Waals surface area contributed by atoms with Crippen LogP contribution in [0.25, 0.3) is 0 Å². The van der Waals surface area contributed by atoms with Gasteiger partial charge in [0.15, 0.2) is 5.82 Å². The van der Waals surface area contributed by atoms with E-state index >= 15 is 0 Å². The molecule has 1 saturated heterocycles. The molecular weight excluding hydrogens is 277 g/mol. The molecule has 0 unspecified atom stereocenters. The van der Waals surface area contributed by atoms with Gasteiger partial charge < -0.3 is 14.7 Å². The summed E-state index contributed by atoms with van der Waals surface area (Å²) in [5, 5.41) is 9.42. The van der Waals surface area contributed by atoms with Crippen molar-refractivity contribution in [3.63, 3.8) is 0 Å². The summed E-state index contributed by atoms with van der Waals surface area (Å²) in [7, 11) is 0. The van der Waals surface area contributed by atoms with Gasteiger partial charge in [-0.1, -0.05) is 11.6 Å². The lowest BCUT2D eigenvalue weighted by molar-refractivity contribution is 0.0158. The SMILES string of the molecule is OCCOC1CCN(c2nc(Cl)ncc2Cl)CC1. The first-order chi connectivity index (χ1) is 8.70. The second kappa shape index (κ2) is 6.52. The molecule has 2 rings (SSSR count). The Balaban J connectivity index is 1.94. The third kappa shape index (κ3) is 3.45. The zero-order chi connectivity index (χ0) is 13.0. The summed E-state index contributed by atoms with van der Waals surface area (Å²) in [4.78, 5) is 10.1. The summed E-state index contributed by atoms with van der Waals surface area (Å²) < 4.78 is 5.50. The van der Waals surface area contributed by atoms with Crippen molar-refractivity contribution in [3.05, 3.63) is 16.5 Å². The van der Waals surface area contributed by atoms with Crippen molar-refractivity contribution in [2.75, 3.05) is 31.2 Å². The third-order valence-corrected chi connectivity index (χ3v) is 3.33. The molecule has 0 saturated carbocycles. The molecule has 0 aromatic carbocycles. The van der Waals surface area contributed by atoms with Gasteiger partial charge in [0.05, 0.1) is 25.5 Å². The minimum Gasteiger partial charge on any atom is -0.394 e. The molecule has 0 amide bonds. The van der Waals surface area contributed by atoms with Crippen molar-refractivity contribution in [2.45, 2.75) is 18.9 Å². The Hall–Kier alpha value is -0.620. The van der Waals surface area contributed by atoms with E-state index in [2.05, 4.69) is 14.9 Å². The standard InChI is InChI=1S/C11H15Cl2N3O2/c12-9-7-14-11(13)15-10(9)16-3-1-8(2-4-16)18-6-5-17/h7-8,17H,1-6H2. The molecule has 1 fully saturated rings. The van der Waals surface area contributed by atoms with Gasteiger partial charge in [-0.3, -0.25) is 0 Å². The fourth-order valence-electron chi connectivity index (χ4n) is 2.01. The third-order valence-electron chi connectivity index (χ3n) is 2.88. The van der Waals surface area contributed by atoms with E-state index in [4.69, 9.17) is 33.0 Å². The average Bonchev–Trinajstić information content (AvgIpc) is 2.40. The number of aliphatic hydroxyl groups excluding tert-OH is 1. The summed E-state index contributed by atoms with van der Waals surface area (Å²) in [6, 6.07) is 0. The Morgan fingerprint density at radius 2 is 2.11 bits per heavy atom. The highest BCUT2D eigenvalue weighted by Gasteiger charge is 2.22. The predicted molar refractivity (Wildman–Crippen MR) is 70.3 cm³/mol. The molecule has 0 aliphatic carbocycles. The highest BCUT2D eigenvalue weighted by Crippen LogP contribution is 2.27. The number of hydrogen-bond donors (Lipinski definition) is 1. The number of ether oxygens (including phenoxy) is 1. The molecule has 1 aliphatic heterocycles. The molecule has 1 aromatic rings. The van der Waals surface area contributed by atoms with E-state index < -0.39 is 0 Å². The molecule has 0 atom stereocenters. The Bertz CT molecular complexity index is 398. The van der Waals surface area contributed by atoms with E-state index in [1.165, 1.54) is 6.20 Å². The molecule has 100 valence electrons. The van der Waals surface area contributed by atoms with Crippen LogP contribution in [0.3, 0.4) is 0 Å². The van der Waals surface area contributed by atoms with Crippen molar-refractivity contribution in [3.8, 4) is 0 Å². The van der Waals surface area contributed by atoms with Crippen molar-refractivity contribution in [1.82, 2.24) is 9.97 Å². The first-order valence-corrected chi connectivity index (χ1v) is 6.61. The topological polar surface area (TPSA) is 58.5 Å². The Morgan fingerprint density at radius 1 is 1.39 bits per heavy atom. The molecule has 18 heavy (non-hydrogen) atoms. The number of nitrogens with zero attached hydrogens (tertiary/aromatic N) is 3. The maximum absolute atomic E-state index is 8.71. The minimum atomic E-state index is 0.0631. The summed E-state index contributed by atoms with van der Waals surface area (Å²) in [5.41, 5.74) is 0. The zero-order valence-electron chi connectivity index (χ0n) is 9.85. The molecule has 2 heterocycles. The molecule has 0 radical (unpaired) electrons. The van der Waals surface area contributed by atoms with Gasteiger partial charge in [-0.05, 0) is 24.4 Å². The smallest absolute Gasteiger partial charge is 0.224 e. The second-order valence-electron chi connectivity index (χ2n) is 4.09. The summed E-state index contributed by atoms with van der Waals surface area (Å²) in [6.45, 7) is 2.07. The lowest BCUT2D eigenvalue weighted by Crippen LogP contribution is -2.38. The minimum absolute atomic E-state index is 0.0631. The molecule has 0 spiro atoms. The first kappa shape index (κ1) is 13.8. The first-order valence-electron chi connectivity index (χ1n) is 5.86. The molecule has 0 bridgehead atoms. The number of hydrogen-bond acceptors (Lipinski definition) is 5. The Labute approximate surface area is 116 Å². The average molecular weight is 292 g/mol. The summed E-state index contributed by atoms with van der Waals surface area (Å²) in [6.07, 6.45) is 3.49. The fraction of sp³-hybridized carbons (Fsp3) is 0.636. The highest BCUT2D eigenvalue weighted by molar-refractivity contribution is 6.33. The van der Waals surface area contributed by atoms with Gasteiger partial charge in [-0.2, -0.15) is 4.98 Å². The van der Waals surface area contributed by atoms with Gasteiger partial charge in [0.1, 0.15) is 5.02 Å². The monoisotopic (exact) mass is 291 g/mol. The van der Waals surface area contributed by atoms with Gasteiger partial charge in [-0.15, -0.1) is 0 Å². The summed E-state index contributed by atoms with van der Waals surface area (Å²) >= 11 is 11.8.